The van der Waals surface area contributed by atoms with Gasteiger partial charge in [-0.1, -0.05) is 140 Å². The number of para-hydroxylation sites is 5. The molecule has 2 aliphatic rings. The van der Waals surface area contributed by atoms with Crippen LogP contribution in [0, 0.1) is 0 Å². The molecular formula is C66H41N7. The summed E-state index contributed by atoms with van der Waals surface area (Å²) in [5, 5.41) is 6.64. The third kappa shape index (κ3) is 6.46. The quantitative estimate of drug-likeness (QED) is 0.143. The summed E-state index contributed by atoms with van der Waals surface area (Å²) in [7, 11) is 0. The molecule has 0 atom stereocenters. The number of nitrogens with zero attached hydrogens (tertiary/aromatic N) is 7. The minimum Gasteiger partial charge on any atom is -0.310 e. The summed E-state index contributed by atoms with van der Waals surface area (Å²) in [6.07, 6.45) is 3.86. The molecule has 0 radical (unpaired) electrons. The lowest BCUT2D eigenvalue weighted by atomic mass is 10.00. The second-order valence-corrected chi connectivity index (χ2v) is 18.7. The Morgan fingerprint density at radius 3 is 0.986 bits per heavy atom. The predicted octanol–water partition coefficient (Wildman–Crippen LogP) is 17.6. The Balaban J connectivity index is 0.831. The first-order valence-electron chi connectivity index (χ1n) is 24.6. The van der Waals surface area contributed by atoms with E-state index in [2.05, 4.69) is 245 Å². The summed E-state index contributed by atoms with van der Waals surface area (Å²) < 4.78 is 0. The maximum atomic E-state index is 5.32. The summed E-state index contributed by atoms with van der Waals surface area (Å²) in [5.74, 6) is 0. The van der Waals surface area contributed by atoms with Gasteiger partial charge in [0.05, 0.1) is 46.5 Å². The Morgan fingerprint density at radius 1 is 0.260 bits per heavy atom. The average Bonchev–Trinajstić information content (AvgIpc) is 3.97. The lowest BCUT2D eigenvalue weighted by Crippen LogP contribution is -2.11. The van der Waals surface area contributed by atoms with Crippen LogP contribution in [0.2, 0.25) is 0 Å². The molecule has 0 aliphatic heterocycles. The van der Waals surface area contributed by atoms with Gasteiger partial charge in [-0.25, -0.2) is 19.9 Å². The minimum absolute atomic E-state index is 0.694. The van der Waals surface area contributed by atoms with Crippen molar-refractivity contribution in [1.29, 1.82) is 0 Å². The van der Waals surface area contributed by atoms with Crippen molar-refractivity contribution in [3.63, 3.8) is 0 Å². The Labute approximate surface area is 421 Å². The second-order valence-electron chi connectivity index (χ2n) is 18.7. The van der Waals surface area contributed by atoms with Crippen LogP contribution in [0.5, 0.6) is 0 Å². The fraction of sp³-hybridized carbons (Fsp3) is 0. The zero-order valence-electron chi connectivity index (χ0n) is 39.3. The Morgan fingerprint density at radius 2 is 0.616 bits per heavy atom. The molecule has 15 rings (SSSR count). The number of hydrogen-bond donors (Lipinski definition) is 0. The van der Waals surface area contributed by atoms with Crippen LogP contribution in [0.25, 0.3) is 88.4 Å². The van der Waals surface area contributed by atoms with Crippen molar-refractivity contribution in [2.24, 2.45) is 0 Å². The molecule has 9 aromatic carbocycles. The van der Waals surface area contributed by atoms with Crippen LogP contribution in [0.1, 0.15) is 0 Å². The molecule has 0 N–H and O–H groups in total. The Bertz CT molecular complexity index is 3980. The highest BCUT2D eigenvalue weighted by Crippen LogP contribution is 2.53. The van der Waals surface area contributed by atoms with E-state index in [-0.39, 0.29) is 0 Å². The van der Waals surface area contributed by atoms with E-state index in [9.17, 15) is 0 Å². The summed E-state index contributed by atoms with van der Waals surface area (Å²) in [6.45, 7) is 0. The number of rotatable bonds is 9. The van der Waals surface area contributed by atoms with Gasteiger partial charge in [0.2, 0.25) is 0 Å². The second kappa shape index (κ2) is 16.3. The molecule has 73 heavy (non-hydrogen) atoms. The topological polar surface area (TPSA) is 61.3 Å². The third-order valence-corrected chi connectivity index (χ3v) is 14.5. The summed E-state index contributed by atoms with van der Waals surface area (Å²) in [6, 6.07) is 83.9. The van der Waals surface area contributed by atoms with E-state index < -0.39 is 0 Å². The fourth-order valence-electron chi connectivity index (χ4n) is 11.4. The first-order chi connectivity index (χ1) is 36.2. The van der Waals surface area contributed by atoms with Crippen molar-refractivity contribution in [1.82, 2.24) is 19.9 Å². The molecule has 0 saturated heterocycles. The van der Waals surface area contributed by atoms with Crippen molar-refractivity contribution in [2.75, 3.05) is 14.7 Å². The SMILES string of the molecule is c1ccc(N(c2cnc3nc4c(cc3c2)-c2ccc(N(c3ccccc3)c3ccccc3)c3cccc-4c23)c2cnc3nc4c(cc3c2)-c2ccc(N(c3ccccc3)c3ccccc3)c3cccc-4c23)cc1. The van der Waals surface area contributed by atoms with Gasteiger partial charge in [0.1, 0.15) is 0 Å². The van der Waals surface area contributed by atoms with Crippen molar-refractivity contribution >= 4 is 94.8 Å². The van der Waals surface area contributed by atoms with Crippen molar-refractivity contribution in [2.45, 2.75) is 0 Å². The van der Waals surface area contributed by atoms with E-state index in [1.807, 2.05) is 18.5 Å². The number of anilines is 9. The lowest BCUT2D eigenvalue weighted by Gasteiger charge is -2.27. The highest BCUT2D eigenvalue weighted by Gasteiger charge is 2.29. The van der Waals surface area contributed by atoms with Gasteiger partial charge in [0, 0.05) is 83.0 Å². The molecule has 340 valence electrons. The molecule has 13 aromatic rings. The number of benzene rings is 9. The molecule has 0 fully saturated rings. The first-order valence-corrected chi connectivity index (χ1v) is 24.6. The number of hydrogen-bond acceptors (Lipinski definition) is 7. The fourth-order valence-corrected chi connectivity index (χ4v) is 11.4. The van der Waals surface area contributed by atoms with Crippen molar-refractivity contribution in [3.05, 3.63) is 249 Å². The number of fused-ring (bicyclic) bond motifs is 8. The predicted molar refractivity (Wildman–Crippen MR) is 301 cm³/mol. The summed E-state index contributed by atoms with van der Waals surface area (Å²) in [4.78, 5) is 27.7. The first kappa shape index (κ1) is 40.9. The van der Waals surface area contributed by atoms with Crippen LogP contribution in [0.15, 0.2) is 249 Å². The third-order valence-electron chi connectivity index (χ3n) is 14.5. The molecule has 4 heterocycles. The van der Waals surface area contributed by atoms with Crippen LogP contribution in [-0.2, 0) is 0 Å². The van der Waals surface area contributed by atoms with Gasteiger partial charge in [-0.15, -0.1) is 0 Å². The largest absolute Gasteiger partial charge is 0.310 e. The molecule has 0 saturated carbocycles. The van der Waals surface area contributed by atoms with Crippen molar-refractivity contribution < 1.29 is 0 Å². The van der Waals surface area contributed by atoms with Gasteiger partial charge >= 0.3 is 0 Å². The van der Waals surface area contributed by atoms with E-state index in [0.29, 0.717) is 11.3 Å². The molecule has 0 unspecified atom stereocenters. The maximum absolute atomic E-state index is 5.32. The van der Waals surface area contributed by atoms with Gasteiger partial charge in [0.25, 0.3) is 0 Å². The molecule has 0 amide bonds. The lowest BCUT2D eigenvalue weighted by molar-refractivity contribution is 1.21. The zero-order valence-corrected chi connectivity index (χ0v) is 39.3. The molecule has 0 spiro atoms. The van der Waals surface area contributed by atoms with Gasteiger partial charge in [-0.2, -0.15) is 0 Å². The monoisotopic (exact) mass is 931 g/mol. The highest BCUT2D eigenvalue weighted by molar-refractivity contribution is 6.21. The van der Waals surface area contributed by atoms with E-state index in [1.54, 1.807) is 0 Å². The normalized spacial score (nSPS) is 11.8. The van der Waals surface area contributed by atoms with Crippen LogP contribution < -0.4 is 14.7 Å². The van der Waals surface area contributed by atoms with E-state index in [4.69, 9.17) is 19.9 Å². The molecule has 4 aromatic heterocycles. The molecule has 7 nitrogen and oxygen atoms in total. The smallest absolute Gasteiger partial charge is 0.159 e. The summed E-state index contributed by atoms with van der Waals surface area (Å²) >= 11 is 0. The summed E-state index contributed by atoms with van der Waals surface area (Å²) in [5.41, 5.74) is 19.5. The van der Waals surface area contributed by atoms with Gasteiger partial charge < -0.3 is 14.7 Å². The Hall–Kier alpha value is -9.98. The van der Waals surface area contributed by atoms with E-state index in [1.165, 1.54) is 32.7 Å². The van der Waals surface area contributed by atoms with Gasteiger partial charge in [-0.05, 0) is 108 Å². The van der Waals surface area contributed by atoms with E-state index >= 15 is 0 Å². The van der Waals surface area contributed by atoms with Crippen LogP contribution in [-0.4, -0.2) is 19.9 Å². The zero-order chi connectivity index (χ0) is 48.0. The molecule has 0 bridgehead atoms. The number of pyridine rings is 4. The average molecular weight is 932 g/mol. The van der Waals surface area contributed by atoms with Gasteiger partial charge in [-0.3, -0.25) is 0 Å². The van der Waals surface area contributed by atoms with Crippen LogP contribution >= 0.6 is 0 Å². The molecule has 2 aliphatic carbocycles. The highest BCUT2D eigenvalue weighted by atomic mass is 15.2. The van der Waals surface area contributed by atoms with E-state index in [0.717, 1.165) is 95.6 Å². The minimum atomic E-state index is 0.694. The standard InChI is InChI=1S/C66H41N7/c1-6-18-44(19-7-1)71(49-36-42-38-57-51-32-34-59(72(45-20-8-2-9-21-45)46-22-10-3-11-23-46)53-28-16-30-55(61(51)53)63(57)69-65(42)67-40-49)50-37-43-39-58-52-33-35-60(73(47-24-12-4-13-25-47)48-26-14-5-15-27-48)54-29-17-31-56(62(52)54)64(58)70-66(43)68-41-50/h1-41H. The number of aromatic nitrogens is 4. The van der Waals surface area contributed by atoms with Crippen LogP contribution in [0.3, 0.4) is 0 Å². The molecule has 7 heteroatoms. The van der Waals surface area contributed by atoms with Gasteiger partial charge in [0.15, 0.2) is 11.3 Å². The maximum Gasteiger partial charge on any atom is 0.159 e. The molecular weight excluding hydrogens is 891 g/mol. The Kier molecular flexibility index (Phi) is 9.13. The van der Waals surface area contributed by atoms with Crippen molar-refractivity contribution in [3.8, 4) is 44.8 Å². The van der Waals surface area contributed by atoms with Crippen LogP contribution in [0.4, 0.5) is 51.2 Å².